The van der Waals surface area contributed by atoms with Crippen molar-refractivity contribution >= 4 is 11.6 Å². The molecule has 10 heavy (non-hydrogen) atoms. The largest absolute Gasteiger partial charge is 0.0895 e. The zero-order chi connectivity index (χ0) is 7.14. The van der Waals surface area contributed by atoms with E-state index in [1.165, 1.54) is 12.8 Å². The van der Waals surface area contributed by atoms with Gasteiger partial charge in [-0.3, -0.25) is 0 Å². The summed E-state index contributed by atoms with van der Waals surface area (Å²) in [6, 6.07) is 0. The average molecular weight is 155 g/mol. The van der Waals surface area contributed by atoms with Crippen molar-refractivity contribution < 1.29 is 0 Å². The lowest BCUT2D eigenvalue weighted by molar-refractivity contribution is 0.541. The van der Waals surface area contributed by atoms with Crippen LogP contribution in [0.2, 0.25) is 0 Å². The highest BCUT2D eigenvalue weighted by Gasteiger charge is 2.36. The molecule has 2 bridgehead atoms. The first-order chi connectivity index (χ1) is 4.77. The molecule has 0 aromatic heterocycles. The van der Waals surface area contributed by atoms with Gasteiger partial charge in [0.25, 0.3) is 0 Å². The lowest BCUT2D eigenvalue weighted by Gasteiger charge is -2.15. The molecule has 0 amide bonds. The van der Waals surface area contributed by atoms with Crippen LogP contribution in [0.3, 0.4) is 0 Å². The van der Waals surface area contributed by atoms with Crippen LogP contribution >= 0.6 is 11.6 Å². The second kappa shape index (κ2) is 2.13. The molecule has 1 fully saturated rings. The van der Waals surface area contributed by atoms with Gasteiger partial charge in [0, 0.05) is 11.0 Å². The highest BCUT2D eigenvalue weighted by Crippen LogP contribution is 2.46. The maximum atomic E-state index is 5.85. The number of hydrogen-bond acceptors (Lipinski definition) is 0. The van der Waals surface area contributed by atoms with E-state index in [1.807, 2.05) is 0 Å². The second-order valence-electron chi connectivity index (χ2n) is 3.33. The second-order valence-corrected chi connectivity index (χ2v) is 3.82. The Kier molecular flexibility index (Phi) is 1.38. The molecule has 1 saturated carbocycles. The zero-order valence-electron chi connectivity index (χ0n) is 5.89. The number of halogens is 1. The van der Waals surface area contributed by atoms with Crippen molar-refractivity contribution in [3.63, 3.8) is 0 Å². The molecule has 0 radical (unpaired) electrons. The quantitative estimate of drug-likeness (QED) is 0.510. The minimum absolute atomic E-state index is 0.580. The Hall–Kier alpha value is -0.230. The first kappa shape index (κ1) is 6.48. The first-order valence-corrected chi connectivity index (χ1v) is 4.18. The standard InChI is InChI=1S/C9H11Cl/c1-6(10)9-5-7-2-3-8(9)4-7/h2-3,7-9H,1,4-5H2. The molecule has 0 aromatic carbocycles. The molecular formula is C9H11Cl. The fraction of sp³-hybridized carbons (Fsp3) is 0.556. The molecule has 0 aliphatic heterocycles. The van der Waals surface area contributed by atoms with E-state index in [2.05, 4.69) is 18.7 Å². The third kappa shape index (κ3) is 0.826. The Morgan fingerprint density at radius 1 is 1.40 bits per heavy atom. The minimum atomic E-state index is 0.580. The van der Waals surface area contributed by atoms with Gasteiger partial charge in [0.05, 0.1) is 0 Å². The summed E-state index contributed by atoms with van der Waals surface area (Å²) in [4.78, 5) is 0. The van der Waals surface area contributed by atoms with Crippen LogP contribution in [0.5, 0.6) is 0 Å². The summed E-state index contributed by atoms with van der Waals surface area (Å²) in [6.07, 6.45) is 7.17. The van der Waals surface area contributed by atoms with Gasteiger partial charge in [-0.25, -0.2) is 0 Å². The number of allylic oxidation sites excluding steroid dienone is 3. The van der Waals surface area contributed by atoms with Crippen molar-refractivity contribution in [1.29, 1.82) is 0 Å². The lowest BCUT2D eigenvalue weighted by Crippen LogP contribution is -2.05. The van der Waals surface area contributed by atoms with Crippen molar-refractivity contribution in [2.45, 2.75) is 12.8 Å². The van der Waals surface area contributed by atoms with Crippen molar-refractivity contribution in [2.75, 3.05) is 0 Å². The molecule has 0 saturated heterocycles. The third-order valence-electron chi connectivity index (χ3n) is 2.68. The van der Waals surface area contributed by atoms with E-state index in [9.17, 15) is 0 Å². The highest BCUT2D eigenvalue weighted by atomic mass is 35.5. The summed E-state index contributed by atoms with van der Waals surface area (Å²) < 4.78 is 0. The summed E-state index contributed by atoms with van der Waals surface area (Å²) in [5.74, 6) is 2.11. The molecule has 0 heterocycles. The Balaban J connectivity index is 2.16. The van der Waals surface area contributed by atoms with Gasteiger partial charge in [0.1, 0.15) is 0 Å². The van der Waals surface area contributed by atoms with Gasteiger partial charge < -0.3 is 0 Å². The normalized spacial score (nSPS) is 42.7. The van der Waals surface area contributed by atoms with Crippen LogP contribution in [0.1, 0.15) is 12.8 Å². The zero-order valence-corrected chi connectivity index (χ0v) is 6.64. The van der Waals surface area contributed by atoms with Crippen LogP contribution in [-0.2, 0) is 0 Å². The number of rotatable bonds is 1. The monoisotopic (exact) mass is 154 g/mol. The van der Waals surface area contributed by atoms with Gasteiger partial charge in [-0.05, 0) is 24.7 Å². The van der Waals surface area contributed by atoms with E-state index in [4.69, 9.17) is 11.6 Å². The van der Waals surface area contributed by atoms with E-state index in [0.717, 1.165) is 16.9 Å². The molecule has 1 heteroatoms. The van der Waals surface area contributed by atoms with Gasteiger partial charge in [0.15, 0.2) is 0 Å². The lowest BCUT2D eigenvalue weighted by atomic mass is 9.94. The SMILES string of the molecule is C=C(Cl)C1CC2C=CC1C2. The minimum Gasteiger partial charge on any atom is -0.0895 e. The molecule has 3 atom stereocenters. The molecule has 2 aliphatic carbocycles. The molecule has 0 aromatic rings. The molecule has 54 valence electrons. The van der Waals surface area contributed by atoms with Gasteiger partial charge in [-0.1, -0.05) is 30.3 Å². The molecule has 2 rings (SSSR count). The summed E-state index contributed by atoms with van der Waals surface area (Å²) in [6.45, 7) is 3.79. The molecular weight excluding hydrogens is 144 g/mol. The Labute approximate surface area is 66.6 Å². The van der Waals surface area contributed by atoms with Gasteiger partial charge in [-0.15, -0.1) is 0 Å². The van der Waals surface area contributed by atoms with Gasteiger partial charge >= 0.3 is 0 Å². The maximum Gasteiger partial charge on any atom is 0.0146 e. The van der Waals surface area contributed by atoms with E-state index in [-0.39, 0.29) is 0 Å². The Morgan fingerprint density at radius 2 is 2.20 bits per heavy atom. The van der Waals surface area contributed by atoms with E-state index in [0.29, 0.717) is 5.92 Å². The maximum absolute atomic E-state index is 5.85. The van der Waals surface area contributed by atoms with Crippen molar-refractivity contribution in [3.8, 4) is 0 Å². The first-order valence-electron chi connectivity index (χ1n) is 3.80. The summed E-state index contributed by atoms with van der Waals surface area (Å²) in [7, 11) is 0. The predicted octanol–water partition coefficient (Wildman–Crippen LogP) is 2.95. The van der Waals surface area contributed by atoms with Crippen molar-refractivity contribution in [1.82, 2.24) is 0 Å². The average Bonchev–Trinajstić information content (AvgIpc) is 2.44. The molecule has 0 N–H and O–H groups in total. The highest BCUT2D eigenvalue weighted by molar-refractivity contribution is 6.29. The summed E-state index contributed by atoms with van der Waals surface area (Å²) in [5, 5.41) is 0.858. The number of fused-ring (bicyclic) bond motifs is 2. The van der Waals surface area contributed by atoms with Crippen LogP contribution in [0.25, 0.3) is 0 Å². The molecule has 2 aliphatic rings. The third-order valence-corrected chi connectivity index (χ3v) is 2.96. The van der Waals surface area contributed by atoms with E-state index < -0.39 is 0 Å². The van der Waals surface area contributed by atoms with E-state index >= 15 is 0 Å². The van der Waals surface area contributed by atoms with E-state index in [1.54, 1.807) is 0 Å². The molecule has 3 unspecified atom stereocenters. The fourth-order valence-corrected chi connectivity index (χ4v) is 2.39. The van der Waals surface area contributed by atoms with Crippen molar-refractivity contribution in [2.24, 2.45) is 17.8 Å². The smallest absolute Gasteiger partial charge is 0.0146 e. The Bertz CT molecular complexity index is 193. The Morgan fingerprint density at radius 3 is 2.50 bits per heavy atom. The van der Waals surface area contributed by atoms with Crippen LogP contribution in [-0.4, -0.2) is 0 Å². The van der Waals surface area contributed by atoms with Gasteiger partial charge in [-0.2, -0.15) is 0 Å². The van der Waals surface area contributed by atoms with Gasteiger partial charge in [0.2, 0.25) is 0 Å². The van der Waals surface area contributed by atoms with Crippen LogP contribution < -0.4 is 0 Å². The molecule has 0 nitrogen and oxygen atoms in total. The summed E-state index contributed by atoms with van der Waals surface area (Å²) >= 11 is 5.85. The fourth-order valence-electron chi connectivity index (χ4n) is 2.14. The van der Waals surface area contributed by atoms with Crippen LogP contribution in [0.15, 0.2) is 23.8 Å². The topological polar surface area (TPSA) is 0 Å². The summed E-state index contributed by atoms with van der Waals surface area (Å²) in [5.41, 5.74) is 0. The molecule has 0 spiro atoms. The van der Waals surface area contributed by atoms with Crippen LogP contribution in [0.4, 0.5) is 0 Å². The van der Waals surface area contributed by atoms with Crippen LogP contribution in [0, 0.1) is 17.8 Å². The predicted molar refractivity (Wildman–Crippen MR) is 43.8 cm³/mol. The number of hydrogen-bond donors (Lipinski definition) is 0. The van der Waals surface area contributed by atoms with Crippen molar-refractivity contribution in [3.05, 3.63) is 23.8 Å².